The summed E-state index contributed by atoms with van der Waals surface area (Å²) >= 11 is 0. The van der Waals surface area contributed by atoms with Crippen molar-refractivity contribution in [2.75, 3.05) is 25.6 Å². The number of hydrogen-bond donors (Lipinski definition) is 0. The van der Waals surface area contributed by atoms with E-state index >= 15 is 0 Å². The molecule has 4 nitrogen and oxygen atoms in total. The zero-order valence-corrected chi connectivity index (χ0v) is 12.4. The first-order valence-corrected chi connectivity index (χ1v) is 8.76. The number of hydrogen-bond acceptors (Lipinski definition) is 4. The van der Waals surface area contributed by atoms with E-state index in [1.165, 1.54) is 12.1 Å². The molecule has 1 aromatic rings. The van der Waals surface area contributed by atoms with Crippen LogP contribution in [0.1, 0.15) is 12.8 Å². The standard InChI is InChI=1S/C13H16ClFO4S/c14-20(16,17)10-13(5-7-18-8-6-13)9-19-12-4-2-1-3-11(12)15/h1-4H,5-10H2. The van der Waals surface area contributed by atoms with Gasteiger partial charge in [-0.1, -0.05) is 12.1 Å². The average Bonchev–Trinajstić information content (AvgIpc) is 2.37. The Morgan fingerprint density at radius 2 is 1.95 bits per heavy atom. The van der Waals surface area contributed by atoms with Gasteiger partial charge in [-0.15, -0.1) is 0 Å². The molecule has 1 aliphatic rings. The highest BCUT2D eigenvalue weighted by atomic mass is 35.7. The normalized spacial score (nSPS) is 18.7. The molecule has 0 N–H and O–H groups in total. The van der Waals surface area contributed by atoms with Gasteiger partial charge in [-0.25, -0.2) is 12.8 Å². The van der Waals surface area contributed by atoms with Gasteiger partial charge in [0.05, 0.1) is 12.4 Å². The zero-order chi connectivity index (χ0) is 14.6. The molecule has 1 aliphatic heterocycles. The van der Waals surface area contributed by atoms with Crippen LogP contribution in [0.3, 0.4) is 0 Å². The van der Waals surface area contributed by atoms with Crippen molar-refractivity contribution >= 4 is 19.7 Å². The summed E-state index contributed by atoms with van der Waals surface area (Å²) in [5.41, 5.74) is -0.624. The monoisotopic (exact) mass is 322 g/mol. The van der Waals surface area contributed by atoms with Gasteiger partial charge in [0, 0.05) is 29.3 Å². The minimum absolute atomic E-state index is 0.100. The maximum atomic E-state index is 13.5. The molecular formula is C13H16ClFO4S. The lowest BCUT2D eigenvalue weighted by atomic mass is 9.83. The fraction of sp³-hybridized carbons (Fsp3) is 0.538. The van der Waals surface area contributed by atoms with Crippen molar-refractivity contribution in [3.8, 4) is 5.75 Å². The van der Waals surface area contributed by atoms with Crippen LogP contribution in [-0.2, 0) is 13.8 Å². The predicted octanol–water partition coefficient (Wildman–Crippen LogP) is 2.57. The lowest BCUT2D eigenvalue weighted by Gasteiger charge is -2.35. The second-order valence-electron chi connectivity index (χ2n) is 5.01. The molecule has 1 fully saturated rings. The molecule has 0 atom stereocenters. The van der Waals surface area contributed by atoms with Gasteiger partial charge in [-0.3, -0.25) is 0 Å². The van der Waals surface area contributed by atoms with Crippen molar-refractivity contribution in [2.24, 2.45) is 5.41 Å². The average molecular weight is 323 g/mol. The second kappa shape index (κ2) is 6.28. The smallest absolute Gasteiger partial charge is 0.233 e. The van der Waals surface area contributed by atoms with Crippen LogP contribution < -0.4 is 4.74 Å². The van der Waals surface area contributed by atoms with Crippen molar-refractivity contribution < 1.29 is 22.3 Å². The van der Waals surface area contributed by atoms with Gasteiger partial charge in [0.1, 0.15) is 0 Å². The molecule has 112 valence electrons. The molecule has 20 heavy (non-hydrogen) atoms. The van der Waals surface area contributed by atoms with Crippen LogP contribution in [0, 0.1) is 11.2 Å². The number of halogens is 2. The lowest BCUT2D eigenvalue weighted by Crippen LogP contribution is -2.40. The van der Waals surface area contributed by atoms with E-state index in [-0.39, 0.29) is 18.1 Å². The number of benzene rings is 1. The molecule has 0 aromatic heterocycles. The van der Waals surface area contributed by atoms with E-state index in [1.54, 1.807) is 12.1 Å². The topological polar surface area (TPSA) is 52.6 Å². The van der Waals surface area contributed by atoms with Crippen molar-refractivity contribution in [2.45, 2.75) is 12.8 Å². The minimum atomic E-state index is -3.65. The van der Waals surface area contributed by atoms with Crippen LogP contribution in [0.25, 0.3) is 0 Å². The SMILES string of the molecule is O=S(=O)(Cl)CC1(COc2ccccc2F)CCOCC1. The molecule has 0 radical (unpaired) electrons. The summed E-state index contributed by atoms with van der Waals surface area (Å²) in [6.45, 7) is 1.00. The van der Waals surface area contributed by atoms with Crippen LogP contribution in [-0.4, -0.2) is 34.0 Å². The third-order valence-corrected chi connectivity index (χ3v) is 4.69. The molecule has 0 bridgehead atoms. The summed E-state index contributed by atoms with van der Waals surface area (Å²) < 4.78 is 47.0. The van der Waals surface area contributed by atoms with E-state index in [0.29, 0.717) is 26.1 Å². The molecule has 1 aromatic carbocycles. The van der Waals surface area contributed by atoms with E-state index in [1.807, 2.05) is 0 Å². The summed E-state index contributed by atoms with van der Waals surface area (Å²) in [5.74, 6) is -0.548. The molecule has 0 amide bonds. The Labute approximate surface area is 122 Å². The van der Waals surface area contributed by atoms with Gasteiger partial charge in [-0.05, 0) is 25.0 Å². The Morgan fingerprint density at radius 3 is 2.55 bits per heavy atom. The quantitative estimate of drug-likeness (QED) is 0.782. The molecule has 1 heterocycles. The summed E-state index contributed by atoms with van der Waals surface area (Å²) in [6.07, 6.45) is 1.04. The highest BCUT2D eigenvalue weighted by Crippen LogP contribution is 2.34. The van der Waals surface area contributed by atoms with E-state index in [0.717, 1.165) is 0 Å². The zero-order valence-electron chi connectivity index (χ0n) is 10.8. The first kappa shape index (κ1) is 15.5. The second-order valence-corrected chi connectivity index (χ2v) is 7.79. The predicted molar refractivity (Wildman–Crippen MR) is 74.0 cm³/mol. The van der Waals surface area contributed by atoms with E-state index in [4.69, 9.17) is 20.2 Å². The van der Waals surface area contributed by atoms with Gasteiger partial charge in [0.15, 0.2) is 11.6 Å². The highest BCUT2D eigenvalue weighted by Gasteiger charge is 2.37. The van der Waals surface area contributed by atoms with Crippen LogP contribution in [0.5, 0.6) is 5.75 Å². The summed E-state index contributed by atoms with van der Waals surface area (Å²) in [6, 6.07) is 6.03. The van der Waals surface area contributed by atoms with Crippen molar-refractivity contribution in [1.82, 2.24) is 0 Å². The molecule has 7 heteroatoms. The summed E-state index contributed by atoms with van der Waals surface area (Å²) in [5, 5.41) is 0. The molecule has 2 rings (SSSR count). The van der Waals surface area contributed by atoms with Crippen molar-refractivity contribution in [3.63, 3.8) is 0 Å². The van der Waals surface area contributed by atoms with Crippen molar-refractivity contribution in [1.29, 1.82) is 0 Å². The Bertz CT molecular complexity index is 555. The first-order valence-electron chi connectivity index (χ1n) is 6.28. The van der Waals surface area contributed by atoms with Crippen LogP contribution >= 0.6 is 10.7 Å². The van der Waals surface area contributed by atoms with Gasteiger partial charge in [0.25, 0.3) is 0 Å². The van der Waals surface area contributed by atoms with Crippen molar-refractivity contribution in [3.05, 3.63) is 30.1 Å². The fourth-order valence-electron chi connectivity index (χ4n) is 2.29. The van der Waals surface area contributed by atoms with Gasteiger partial charge < -0.3 is 9.47 Å². The van der Waals surface area contributed by atoms with Gasteiger partial charge in [-0.2, -0.15) is 0 Å². The van der Waals surface area contributed by atoms with Crippen LogP contribution in [0.15, 0.2) is 24.3 Å². The fourth-order valence-corrected chi connectivity index (χ4v) is 4.09. The third-order valence-electron chi connectivity index (χ3n) is 3.40. The Morgan fingerprint density at radius 1 is 1.30 bits per heavy atom. The van der Waals surface area contributed by atoms with E-state index < -0.39 is 20.3 Å². The number of rotatable bonds is 5. The molecule has 0 saturated carbocycles. The Balaban J connectivity index is 2.10. The molecule has 1 saturated heterocycles. The summed E-state index contributed by atoms with van der Waals surface area (Å²) in [7, 11) is 1.72. The van der Waals surface area contributed by atoms with Gasteiger partial charge in [0.2, 0.25) is 9.05 Å². The Kier molecular flexibility index (Phi) is 4.88. The molecule has 0 spiro atoms. The highest BCUT2D eigenvalue weighted by molar-refractivity contribution is 8.13. The van der Waals surface area contributed by atoms with E-state index in [2.05, 4.69) is 0 Å². The van der Waals surface area contributed by atoms with E-state index in [9.17, 15) is 12.8 Å². The molecular weight excluding hydrogens is 307 g/mol. The minimum Gasteiger partial charge on any atom is -0.490 e. The summed E-state index contributed by atoms with van der Waals surface area (Å²) in [4.78, 5) is 0. The Hall–Kier alpha value is -0.850. The largest absolute Gasteiger partial charge is 0.490 e. The third kappa shape index (κ3) is 4.33. The molecule has 0 unspecified atom stereocenters. The van der Waals surface area contributed by atoms with Crippen LogP contribution in [0.2, 0.25) is 0 Å². The number of para-hydroxylation sites is 1. The van der Waals surface area contributed by atoms with Crippen LogP contribution in [0.4, 0.5) is 4.39 Å². The number of ether oxygens (including phenoxy) is 2. The maximum absolute atomic E-state index is 13.5. The lowest BCUT2D eigenvalue weighted by molar-refractivity contribution is 0.00163. The van der Waals surface area contributed by atoms with Gasteiger partial charge >= 0.3 is 0 Å². The molecule has 0 aliphatic carbocycles. The first-order chi connectivity index (χ1) is 9.40. The maximum Gasteiger partial charge on any atom is 0.233 e.